The summed E-state index contributed by atoms with van der Waals surface area (Å²) in [4.78, 5) is 27.4. The van der Waals surface area contributed by atoms with Crippen molar-refractivity contribution in [2.24, 2.45) is 0 Å². The molecule has 6 heteroatoms. The fraction of sp³-hybridized carbons (Fsp3) is 0.688. The van der Waals surface area contributed by atoms with Crippen molar-refractivity contribution < 1.29 is 4.79 Å². The van der Waals surface area contributed by atoms with Crippen LogP contribution in [0, 0.1) is 0 Å². The van der Waals surface area contributed by atoms with Crippen LogP contribution < -0.4 is 4.90 Å². The minimum absolute atomic E-state index is 0.0169. The van der Waals surface area contributed by atoms with Crippen LogP contribution in [0.15, 0.2) is 12.4 Å². The monoisotopic (exact) mass is 305 g/mol. The van der Waals surface area contributed by atoms with Crippen molar-refractivity contribution in [2.75, 3.05) is 51.2 Å². The molecule has 0 saturated carbocycles. The van der Waals surface area contributed by atoms with E-state index in [1.807, 2.05) is 18.0 Å². The topological polar surface area (TPSA) is 52.6 Å². The summed E-state index contributed by atoms with van der Waals surface area (Å²) in [5.41, 5.74) is 0.498. The lowest BCUT2D eigenvalue weighted by molar-refractivity contribution is 0.0637. The molecule has 0 unspecified atom stereocenters. The summed E-state index contributed by atoms with van der Waals surface area (Å²) >= 11 is 0. The van der Waals surface area contributed by atoms with Gasteiger partial charge in [0.15, 0.2) is 0 Å². The lowest BCUT2D eigenvalue weighted by Crippen LogP contribution is -2.48. The van der Waals surface area contributed by atoms with E-state index in [2.05, 4.69) is 33.6 Å². The molecular weight excluding hydrogens is 278 g/mol. The smallest absolute Gasteiger partial charge is 0.272 e. The molecular formula is C16H27N5O. The van der Waals surface area contributed by atoms with Crippen LogP contribution in [0.25, 0.3) is 0 Å². The third-order valence-corrected chi connectivity index (χ3v) is 4.22. The van der Waals surface area contributed by atoms with Gasteiger partial charge in [-0.05, 0) is 13.0 Å². The molecule has 1 aromatic heterocycles. The Hall–Kier alpha value is -1.69. The Bertz CT molecular complexity index is 485. The van der Waals surface area contributed by atoms with Gasteiger partial charge >= 0.3 is 0 Å². The van der Waals surface area contributed by atoms with Crippen LogP contribution in [0.5, 0.6) is 0 Å². The SMILES string of the molecule is CCCCN(C)c1cc(C(=O)N2CCN(CC)CC2)ncn1. The van der Waals surface area contributed by atoms with Crippen molar-refractivity contribution in [3.63, 3.8) is 0 Å². The van der Waals surface area contributed by atoms with E-state index in [0.717, 1.165) is 57.9 Å². The highest BCUT2D eigenvalue weighted by Crippen LogP contribution is 2.13. The Kier molecular flexibility index (Phi) is 6.12. The predicted molar refractivity (Wildman–Crippen MR) is 88.2 cm³/mol. The van der Waals surface area contributed by atoms with Gasteiger partial charge in [0.25, 0.3) is 5.91 Å². The first-order chi connectivity index (χ1) is 10.7. The fourth-order valence-corrected chi connectivity index (χ4v) is 2.61. The summed E-state index contributed by atoms with van der Waals surface area (Å²) < 4.78 is 0. The minimum Gasteiger partial charge on any atom is -0.360 e. The molecule has 0 atom stereocenters. The van der Waals surface area contributed by atoms with Crippen LogP contribution in [0.1, 0.15) is 37.2 Å². The Balaban J connectivity index is 2.01. The standard InChI is InChI=1S/C16H27N5O/c1-4-6-7-19(3)15-12-14(17-13-18-15)16(22)21-10-8-20(5-2)9-11-21/h12-13H,4-11H2,1-3H3. The van der Waals surface area contributed by atoms with Gasteiger partial charge in [0.05, 0.1) is 0 Å². The molecule has 122 valence electrons. The molecule has 0 aliphatic carbocycles. The number of aromatic nitrogens is 2. The first-order valence-corrected chi connectivity index (χ1v) is 8.20. The molecule has 22 heavy (non-hydrogen) atoms. The zero-order valence-corrected chi connectivity index (χ0v) is 14.0. The molecule has 1 saturated heterocycles. The number of unbranched alkanes of at least 4 members (excludes halogenated alkanes) is 1. The second-order valence-corrected chi connectivity index (χ2v) is 5.76. The fourth-order valence-electron chi connectivity index (χ4n) is 2.61. The number of carbonyl (C=O) groups is 1. The van der Waals surface area contributed by atoms with Gasteiger partial charge in [0, 0.05) is 45.8 Å². The number of carbonyl (C=O) groups excluding carboxylic acids is 1. The highest BCUT2D eigenvalue weighted by Gasteiger charge is 2.22. The van der Waals surface area contributed by atoms with Gasteiger partial charge < -0.3 is 14.7 Å². The van der Waals surface area contributed by atoms with Gasteiger partial charge in [-0.1, -0.05) is 20.3 Å². The van der Waals surface area contributed by atoms with Crippen molar-refractivity contribution in [1.29, 1.82) is 0 Å². The van der Waals surface area contributed by atoms with E-state index in [0.29, 0.717) is 5.69 Å². The number of anilines is 1. The maximum Gasteiger partial charge on any atom is 0.272 e. The molecule has 0 radical (unpaired) electrons. The molecule has 1 fully saturated rings. The van der Waals surface area contributed by atoms with Gasteiger partial charge in [0.2, 0.25) is 0 Å². The highest BCUT2D eigenvalue weighted by atomic mass is 16.2. The van der Waals surface area contributed by atoms with Gasteiger partial charge in [-0.2, -0.15) is 0 Å². The molecule has 2 rings (SSSR count). The van der Waals surface area contributed by atoms with Crippen molar-refractivity contribution in [1.82, 2.24) is 19.8 Å². The molecule has 1 amide bonds. The Labute approximate surface area is 133 Å². The third-order valence-electron chi connectivity index (χ3n) is 4.22. The number of hydrogen-bond donors (Lipinski definition) is 0. The first-order valence-electron chi connectivity index (χ1n) is 8.20. The number of likely N-dealkylation sites (N-methyl/N-ethyl adjacent to an activating group) is 1. The lowest BCUT2D eigenvalue weighted by Gasteiger charge is -2.33. The molecule has 0 aromatic carbocycles. The lowest BCUT2D eigenvalue weighted by atomic mass is 10.2. The second-order valence-electron chi connectivity index (χ2n) is 5.76. The van der Waals surface area contributed by atoms with Crippen LogP contribution in [-0.2, 0) is 0 Å². The van der Waals surface area contributed by atoms with Crippen LogP contribution in [0.4, 0.5) is 5.82 Å². The maximum atomic E-state index is 12.6. The first kappa shape index (κ1) is 16.7. The van der Waals surface area contributed by atoms with Crippen molar-refractivity contribution in [2.45, 2.75) is 26.7 Å². The van der Waals surface area contributed by atoms with Crippen molar-refractivity contribution in [3.8, 4) is 0 Å². The molecule has 2 heterocycles. The predicted octanol–water partition coefficient (Wildman–Crippen LogP) is 1.49. The molecule has 1 aliphatic rings. The summed E-state index contributed by atoms with van der Waals surface area (Å²) in [5.74, 6) is 0.835. The highest BCUT2D eigenvalue weighted by molar-refractivity contribution is 5.93. The van der Waals surface area contributed by atoms with Crippen LogP contribution in [-0.4, -0.2) is 72.0 Å². The second kappa shape index (κ2) is 8.08. The molecule has 0 bridgehead atoms. The van der Waals surface area contributed by atoms with E-state index in [-0.39, 0.29) is 5.91 Å². The number of nitrogens with zero attached hydrogens (tertiary/aromatic N) is 5. The van der Waals surface area contributed by atoms with Crippen molar-refractivity contribution in [3.05, 3.63) is 18.1 Å². The van der Waals surface area contributed by atoms with Crippen LogP contribution in [0.3, 0.4) is 0 Å². The van der Waals surface area contributed by atoms with E-state index < -0.39 is 0 Å². The number of amides is 1. The quantitative estimate of drug-likeness (QED) is 0.797. The summed E-state index contributed by atoms with van der Waals surface area (Å²) in [6, 6.07) is 1.81. The number of rotatable bonds is 6. The molecule has 6 nitrogen and oxygen atoms in total. The average molecular weight is 305 g/mol. The number of hydrogen-bond acceptors (Lipinski definition) is 5. The van der Waals surface area contributed by atoms with Crippen LogP contribution >= 0.6 is 0 Å². The summed E-state index contributed by atoms with van der Waals surface area (Å²) in [7, 11) is 2.01. The van der Waals surface area contributed by atoms with E-state index in [1.54, 1.807) is 0 Å². The molecule has 0 spiro atoms. The molecule has 1 aromatic rings. The van der Waals surface area contributed by atoms with Gasteiger partial charge in [-0.15, -0.1) is 0 Å². The third kappa shape index (κ3) is 4.16. The van der Waals surface area contributed by atoms with E-state index in [9.17, 15) is 4.79 Å². The van der Waals surface area contributed by atoms with Crippen molar-refractivity contribution >= 4 is 11.7 Å². The largest absolute Gasteiger partial charge is 0.360 e. The zero-order valence-electron chi connectivity index (χ0n) is 14.0. The normalized spacial score (nSPS) is 15.9. The molecule has 0 N–H and O–H groups in total. The summed E-state index contributed by atoms with van der Waals surface area (Å²) in [6.07, 6.45) is 3.75. The van der Waals surface area contributed by atoms with E-state index in [1.165, 1.54) is 6.33 Å². The maximum absolute atomic E-state index is 12.6. The zero-order chi connectivity index (χ0) is 15.9. The number of piperazine rings is 1. The summed E-state index contributed by atoms with van der Waals surface area (Å²) in [6.45, 7) is 9.74. The Morgan fingerprint density at radius 1 is 1.23 bits per heavy atom. The minimum atomic E-state index is 0.0169. The van der Waals surface area contributed by atoms with Crippen LogP contribution in [0.2, 0.25) is 0 Å². The summed E-state index contributed by atoms with van der Waals surface area (Å²) in [5, 5.41) is 0. The van der Waals surface area contributed by atoms with E-state index in [4.69, 9.17) is 0 Å². The van der Waals surface area contributed by atoms with E-state index >= 15 is 0 Å². The Morgan fingerprint density at radius 2 is 1.95 bits per heavy atom. The average Bonchev–Trinajstić information content (AvgIpc) is 2.59. The van der Waals surface area contributed by atoms with Gasteiger partial charge in [-0.25, -0.2) is 9.97 Å². The van der Waals surface area contributed by atoms with Gasteiger partial charge in [-0.3, -0.25) is 4.79 Å². The Morgan fingerprint density at radius 3 is 2.59 bits per heavy atom. The van der Waals surface area contributed by atoms with Gasteiger partial charge in [0.1, 0.15) is 17.8 Å². The molecule has 1 aliphatic heterocycles.